The summed E-state index contributed by atoms with van der Waals surface area (Å²) in [4.78, 5) is 10.6. The van der Waals surface area contributed by atoms with E-state index in [1.807, 2.05) is 12.1 Å². The summed E-state index contributed by atoms with van der Waals surface area (Å²) in [7, 11) is 1.63. The van der Waals surface area contributed by atoms with Crippen LogP contribution < -0.4 is 20.5 Å². The standard InChI is InChI=1S/C19H26ClN5O2/c1-19(24-17-6-8-22-18(20)23-17)7-10-25(13-19)9-3-11-27-16-12-14(21)4-5-15(16)26-2/h4-6,8,12H,3,7,9-11,13,21H2,1-2H3,(H,22,23,24). The Hall–Kier alpha value is -2.25. The molecule has 0 saturated carbocycles. The van der Waals surface area contributed by atoms with Gasteiger partial charge in [0.1, 0.15) is 5.82 Å². The molecule has 2 aromatic rings. The highest BCUT2D eigenvalue weighted by molar-refractivity contribution is 6.28. The molecule has 3 rings (SSSR count). The summed E-state index contributed by atoms with van der Waals surface area (Å²) >= 11 is 5.87. The molecule has 8 heteroatoms. The van der Waals surface area contributed by atoms with E-state index in [0.717, 1.165) is 38.3 Å². The van der Waals surface area contributed by atoms with E-state index in [0.29, 0.717) is 23.8 Å². The number of halogens is 1. The van der Waals surface area contributed by atoms with Crippen LogP contribution in [0.4, 0.5) is 11.5 Å². The van der Waals surface area contributed by atoms with E-state index in [2.05, 4.69) is 27.1 Å². The van der Waals surface area contributed by atoms with Crippen LogP contribution in [0.2, 0.25) is 5.28 Å². The van der Waals surface area contributed by atoms with Gasteiger partial charge in [0, 0.05) is 43.1 Å². The molecule has 1 saturated heterocycles. The minimum Gasteiger partial charge on any atom is -0.493 e. The molecule has 0 aliphatic carbocycles. The van der Waals surface area contributed by atoms with Gasteiger partial charge in [0.15, 0.2) is 11.5 Å². The minimum atomic E-state index is -0.0321. The lowest BCUT2D eigenvalue weighted by Gasteiger charge is -2.27. The Morgan fingerprint density at radius 2 is 2.19 bits per heavy atom. The number of hydrogen-bond acceptors (Lipinski definition) is 7. The van der Waals surface area contributed by atoms with Crippen molar-refractivity contribution in [1.29, 1.82) is 0 Å². The van der Waals surface area contributed by atoms with E-state index >= 15 is 0 Å². The molecular weight excluding hydrogens is 366 g/mol. The molecule has 0 amide bonds. The lowest BCUT2D eigenvalue weighted by molar-refractivity contribution is 0.250. The molecule has 1 aliphatic rings. The smallest absolute Gasteiger partial charge is 0.224 e. The minimum absolute atomic E-state index is 0.0321. The van der Waals surface area contributed by atoms with Crippen LogP contribution in [-0.2, 0) is 0 Å². The van der Waals surface area contributed by atoms with Gasteiger partial charge in [0.25, 0.3) is 0 Å². The van der Waals surface area contributed by atoms with Crippen molar-refractivity contribution in [3.8, 4) is 11.5 Å². The van der Waals surface area contributed by atoms with Crippen molar-refractivity contribution in [1.82, 2.24) is 14.9 Å². The van der Waals surface area contributed by atoms with Crippen LogP contribution in [0, 0.1) is 0 Å². The summed E-state index contributed by atoms with van der Waals surface area (Å²) in [6.45, 7) is 5.76. The van der Waals surface area contributed by atoms with Crippen LogP contribution in [0.25, 0.3) is 0 Å². The van der Waals surface area contributed by atoms with Gasteiger partial charge in [-0.25, -0.2) is 9.97 Å². The van der Waals surface area contributed by atoms with Crippen molar-refractivity contribution in [2.45, 2.75) is 25.3 Å². The van der Waals surface area contributed by atoms with Crippen molar-refractivity contribution in [3.63, 3.8) is 0 Å². The Bertz CT molecular complexity index is 776. The first-order valence-electron chi connectivity index (χ1n) is 9.03. The van der Waals surface area contributed by atoms with Gasteiger partial charge in [0.05, 0.1) is 13.7 Å². The average Bonchev–Trinajstić information content (AvgIpc) is 2.99. The van der Waals surface area contributed by atoms with Crippen LogP contribution in [-0.4, -0.2) is 53.8 Å². The molecular formula is C19H26ClN5O2. The van der Waals surface area contributed by atoms with Crippen molar-refractivity contribution >= 4 is 23.1 Å². The maximum Gasteiger partial charge on any atom is 0.224 e. The van der Waals surface area contributed by atoms with E-state index in [1.165, 1.54) is 0 Å². The SMILES string of the molecule is COc1ccc(N)cc1OCCCN1CCC(C)(Nc2ccnc(Cl)n2)C1. The number of benzene rings is 1. The predicted molar refractivity (Wildman–Crippen MR) is 108 cm³/mol. The molecule has 1 aromatic carbocycles. The summed E-state index contributed by atoms with van der Waals surface area (Å²) < 4.78 is 11.2. The number of anilines is 2. The van der Waals surface area contributed by atoms with E-state index in [9.17, 15) is 0 Å². The van der Waals surface area contributed by atoms with Crippen LogP contribution in [0.3, 0.4) is 0 Å². The lowest BCUT2D eigenvalue weighted by Crippen LogP contribution is -2.38. The molecule has 27 heavy (non-hydrogen) atoms. The van der Waals surface area contributed by atoms with E-state index in [1.54, 1.807) is 25.4 Å². The Labute approximate surface area is 164 Å². The molecule has 1 aromatic heterocycles. The zero-order chi connectivity index (χ0) is 19.3. The highest BCUT2D eigenvalue weighted by Gasteiger charge is 2.33. The molecule has 0 spiro atoms. The van der Waals surface area contributed by atoms with Crippen molar-refractivity contribution in [3.05, 3.63) is 35.7 Å². The predicted octanol–water partition coefficient (Wildman–Crippen LogP) is 3.07. The van der Waals surface area contributed by atoms with Crippen molar-refractivity contribution in [2.24, 2.45) is 0 Å². The molecule has 1 unspecified atom stereocenters. The largest absolute Gasteiger partial charge is 0.493 e. The van der Waals surface area contributed by atoms with Gasteiger partial charge >= 0.3 is 0 Å². The molecule has 146 valence electrons. The molecule has 0 bridgehead atoms. The second kappa shape index (κ2) is 8.63. The van der Waals surface area contributed by atoms with Gasteiger partial charge in [-0.2, -0.15) is 0 Å². The fourth-order valence-corrected chi connectivity index (χ4v) is 3.49. The van der Waals surface area contributed by atoms with E-state index < -0.39 is 0 Å². The quantitative estimate of drug-likeness (QED) is 0.406. The fraction of sp³-hybridized carbons (Fsp3) is 0.474. The third kappa shape index (κ3) is 5.37. The number of ether oxygens (including phenoxy) is 2. The Kier molecular flexibility index (Phi) is 6.23. The topological polar surface area (TPSA) is 85.5 Å². The first-order chi connectivity index (χ1) is 13.0. The molecule has 1 fully saturated rings. The number of nitrogen functional groups attached to an aromatic ring is 1. The van der Waals surface area contributed by atoms with Crippen LogP contribution >= 0.6 is 11.6 Å². The summed E-state index contributed by atoms with van der Waals surface area (Å²) in [6.07, 6.45) is 3.63. The highest BCUT2D eigenvalue weighted by Crippen LogP contribution is 2.29. The molecule has 3 N–H and O–H groups in total. The number of nitrogens with one attached hydrogen (secondary N) is 1. The molecule has 7 nitrogen and oxygen atoms in total. The van der Waals surface area contributed by atoms with E-state index in [4.69, 9.17) is 26.8 Å². The fourth-order valence-electron chi connectivity index (χ4n) is 3.34. The summed E-state index contributed by atoms with van der Waals surface area (Å²) in [5, 5.41) is 3.74. The number of nitrogens with zero attached hydrogens (tertiary/aromatic N) is 3. The van der Waals surface area contributed by atoms with Gasteiger partial charge < -0.3 is 25.4 Å². The Morgan fingerprint density at radius 3 is 2.96 bits per heavy atom. The molecule has 2 heterocycles. The Balaban J connectivity index is 1.44. The maximum atomic E-state index is 5.87. The zero-order valence-electron chi connectivity index (χ0n) is 15.7. The zero-order valence-corrected chi connectivity index (χ0v) is 16.5. The van der Waals surface area contributed by atoms with Gasteiger partial charge in [-0.15, -0.1) is 0 Å². The van der Waals surface area contributed by atoms with Crippen LogP contribution in [0.5, 0.6) is 11.5 Å². The summed E-state index contributed by atoms with van der Waals surface area (Å²) in [5.41, 5.74) is 6.45. The number of methoxy groups -OCH3 is 1. The number of rotatable bonds is 8. The number of hydrogen-bond donors (Lipinski definition) is 2. The molecule has 0 radical (unpaired) electrons. The third-order valence-corrected chi connectivity index (χ3v) is 4.85. The second-order valence-electron chi connectivity index (χ2n) is 7.04. The number of aromatic nitrogens is 2. The normalized spacial score (nSPS) is 19.8. The van der Waals surface area contributed by atoms with E-state index in [-0.39, 0.29) is 10.8 Å². The highest BCUT2D eigenvalue weighted by atomic mass is 35.5. The van der Waals surface area contributed by atoms with Gasteiger partial charge in [-0.05, 0) is 49.6 Å². The number of nitrogens with two attached hydrogens (primary N) is 1. The van der Waals surface area contributed by atoms with Crippen molar-refractivity contribution in [2.75, 3.05) is 44.4 Å². The molecule has 1 atom stereocenters. The Morgan fingerprint density at radius 1 is 1.33 bits per heavy atom. The second-order valence-corrected chi connectivity index (χ2v) is 7.37. The first-order valence-corrected chi connectivity index (χ1v) is 9.41. The van der Waals surface area contributed by atoms with Crippen LogP contribution in [0.15, 0.2) is 30.5 Å². The van der Waals surface area contributed by atoms with Gasteiger partial charge in [0.2, 0.25) is 5.28 Å². The van der Waals surface area contributed by atoms with Crippen LogP contribution in [0.1, 0.15) is 19.8 Å². The van der Waals surface area contributed by atoms with Gasteiger partial charge in [-0.3, -0.25) is 0 Å². The monoisotopic (exact) mass is 391 g/mol. The first kappa shape index (κ1) is 19.5. The third-order valence-electron chi connectivity index (χ3n) is 4.67. The lowest BCUT2D eigenvalue weighted by atomic mass is 10.0. The van der Waals surface area contributed by atoms with Gasteiger partial charge in [-0.1, -0.05) is 0 Å². The maximum absolute atomic E-state index is 5.87. The number of likely N-dealkylation sites (tertiary alicyclic amines) is 1. The molecule has 1 aliphatic heterocycles. The summed E-state index contributed by atoms with van der Waals surface area (Å²) in [5.74, 6) is 2.15. The summed E-state index contributed by atoms with van der Waals surface area (Å²) in [6, 6.07) is 7.26. The average molecular weight is 392 g/mol. The van der Waals surface area contributed by atoms with Crippen molar-refractivity contribution < 1.29 is 9.47 Å².